The fraction of sp³-hybridized carbons (Fsp3) is 0.533. The predicted octanol–water partition coefficient (Wildman–Crippen LogP) is 7.40. The Labute approximate surface area is 241 Å². The molecule has 42 heavy (non-hydrogen) atoms. The number of alkyl halides is 6. The van der Waals surface area contributed by atoms with Gasteiger partial charge < -0.3 is 18.9 Å². The Morgan fingerprint density at radius 3 is 1.55 bits per heavy atom. The van der Waals surface area contributed by atoms with E-state index in [0.717, 1.165) is 50.6 Å². The second-order valence-corrected chi connectivity index (χ2v) is 9.65. The van der Waals surface area contributed by atoms with Gasteiger partial charge in [0.1, 0.15) is 6.10 Å². The molecule has 0 amide bonds. The number of carbonyl (C=O) groups is 2. The SMILES string of the molecule is CCCCCCC[C@H](CCOC(=O)[C@](OC)(c1ccccc1)C(F)(F)F)OC(=O)[C@](OC)(c1ccccc1)C(F)(F)F. The smallest absolute Gasteiger partial charge is 0.432 e. The van der Waals surface area contributed by atoms with E-state index in [1.807, 2.05) is 6.92 Å². The topological polar surface area (TPSA) is 71.1 Å². The van der Waals surface area contributed by atoms with E-state index in [-0.39, 0.29) is 12.8 Å². The van der Waals surface area contributed by atoms with E-state index in [0.29, 0.717) is 20.0 Å². The van der Waals surface area contributed by atoms with Crippen molar-refractivity contribution in [3.8, 4) is 0 Å². The molecule has 234 valence electrons. The minimum absolute atomic E-state index is 0.0901. The molecule has 0 N–H and O–H groups in total. The molecule has 2 aromatic carbocycles. The molecule has 0 radical (unpaired) electrons. The van der Waals surface area contributed by atoms with Gasteiger partial charge in [-0.2, -0.15) is 26.3 Å². The molecule has 0 saturated heterocycles. The number of methoxy groups -OCH3 is 2. The minimum atomic E-state index is -5.21. The summed E-state index contributed by atoms with van der Waals surface area (Å²) >= 11 is 0. The van der Waals surface area contributed by atoms with Crippen molar-refractivity contribution in [1.82, 2.24) is 0 Å². The van der Waals surface area contributed by atoms with Crippen LogP contribution in [0.25, 0.3) is 0 Å². The first kappa shape index (κ1) is 35.1. The van der Waals surface area contributed by atoms with Gasteiger partial charge >= 0.3 is 24.3 Å². The van der Waals surface area contributed by atoms with Crippen LogP contribution in [0.1, 0.15) is 63.0 Å². The number of ether oxygens (including phenoxy) is 4. The summed E-state index contributed by atoms with van der Waals surface area (Å²) < 4.78 is 105. The quantitative estimate of drug-likeness (QED) is 0.113. The van der Waals surface area contributed by atoms with Gasteiger partial charge in [-0.3, -0.25) is 0 Å². The van der Waals surface area contributed by atoms with Gasteiger partial charge in [-0.25, -0.2) is 9.59 Å². The summed E-state index contributed by atoms with van der Waals surface area (Å²) in [6, 6.07) is 12.4. The van der Waals surface area contributed by atoms with Gasteiger partial charge in [0.15, 0.2) is 0 Å². The molecule has 6 nitrogen and oxygen atoms in total. The van der Waals surface area contributed by atoms with Crippen LogP contribution in [0.15, 0.2) is 60.7 Å². The second kappa shape index (κ2) is 15.4. The van der Waals surface area contributed by atoms with E-state index < -0.39 is 59.3 Å². The molecular formula is C30H36F6O6. The average molecular weight is 607 g/mol. The number of hydrogen-bond acceptors (Lipinski definition) is 6. The van der Waals surface area contributed by atoms with Crippen molar-refractivity contribution in [2.24, 2.45) is 0 Å². The van der Waals surface area contributed by atoms with Gasteiger partial charge in [0.05, 0.1) is 6.61 Å². The molecule has 12 heteroatoms. The van der Waals surface area contributed by atoms with Crippen molar-refractivity contribution in [3.63, 3.8) is 0 Å². The summed E-state index contributed by atoms with van der Waals surface area (Å²) in [5.74, 6) is -3.50. The minimum Gasteiger partial charge on any atom is -0.463 e. The van der Waals surface area contributed by atoms with Crippen LogP contribution in [0.3, 0.4) is 0 Å². The van der Waals surface area contributed by atoms with Crippen molar-refractivity contribution in [2.45, 2.75) is 81.5 Å². The summed E-state index contributed by atoms with van der Waals surface area (Å²) in [7, 11) is 1.45. The van der Waals surface area contributed by atoms with E-state index in [1.165, 1.54) is 36.4 Å². The highest BCUT2D eigenvalue weighted by atomic mass is 19.4. The van der Waals surface area contributed by atoms with Crippen molar-refractivity contribution in [3.05, 3.63) is 71.8 Å². The Balaban J connectivity index is 2.29. The molecule has 0 unspecified atom stereocenters. The highest BCUT2D eigenvalue weighted by Gasteiger charge is 2.65. The third-order valence-electron chi connectivity index (χ3n) is 6.92. The van der Waals surface area contributed by atoms with Crippen LogP contribution in [0, 0.1) is 0 Å². The van der Waals surface area contributed by atoms with Crippen LogP contribution in [0.4, 0.5) is 26.3 Å². The molecule has 0 aliphatic carbocycles. The van der Waals surface area contributed by atoms with Crippen molar-refractivity contribution in [2.75, 3.05) is 20.8 Å². The van der Waals surface area contributed by atoms with Crippen LogP contribution < -0.4 is 0 Å². The number of esters is 2. The lowest BCUT2D eigenvalue weighted by molar-refractivity contribution is -0.278. The highest BCUT2D eigenvalue weighted by molar-refractivity contribution is 5.83. The molecule has 2 rings (SSSR count). The van der Waals surface area contributed by atoms with Gasteiger partial charge in [0.25, 0.3) is 11.2 Å². The normalized spacial score (nSPS) is 15.7. The van der Waals surface area contributed by atoms with Crippen LogP contribution in [0.2, 0.25) is 0 Å². The molecule has 2 aromatic rings. The molecule has 0 spiro atoms. The Hall–Kier alpha value is -3.12. The van der Waals surface area contributed by atoms with E-state index in [9.17, 15) is 35.9 Å². The van der Waals surface area contributed by atoms with Crippen LogP contribution in [0.5, 0.6) is 0 Å². The highest BCUT2D eigenvalue weighted by Crippen LogP contribution is 2.44. The lowest BCUT2D eigenvalue weighted by Crippen LogP contribution is -2.52. The van der Waals surface area contributed by atoms with Gasteiger partial charge in [0.2, 0.25) is 0 Å². The number of rotatable bonds is 16. The zero-order valence-corrected chi connectivity index (χ0v) is 23.7. The van der Waals surface area contributed by atoms with E-state index in [1.54, 1.807) is 0 Å². The van der Waals surface area contributed by atoms with Crippen LogP contribution in [-0.2, 0) is 39.7 Å². The van der Waals surface area contributed by atoms with Crippen molar-refractivity contribution in [1.29, 1.82) is 0 Å². The molecule has 0 fully saturated rings. The summed E-state index contributed by atoms with van der Waals surface area (Å²) in [5, 5.41) is 0. The molecule has 0 bridgehead atoms. The van der Waals surface area contributed by atoms with Crippen molar-refractivity contribution >= 4 is 11.9 Å². The van der Waals surface area contributed by atoms with E-state index in [4.69, 9.17) is 18.9 Å². The maximum atomic E-state index is 14.3. The zero-order chi connectivity index (χ0) is 31.4. The number of unbranched alkanes of at least 4 members (excludes halogenated alkanes) is 4. The van der Waals surface area contributed by atoms with Crippen molar-refractivity contribution < 1.29 is 54.9 Å². The maximum Gasteiger partial charge on any atom is 0.432 e. The third kappa shape index (κ3) is 7.83. The zero-order valence-electron chi connectivity index (χ0n) is 23.7. The van der Waals surface area contributed by atoms with E-state index >= 15 is 0 Å². The Morgan fingerprint density at radius 1 is 0.667 bits per heavy atom. The summed E-state index contributed by atoms with van der Waals surface area (Å²) in [6.45, 7) is 1.32. The van der Waals surface area contributed by atoms with Gasteiger partial charge in [0, 0.05) is 31.8 Å². The van der Waals surface area contributed by atoms with Gasteiger partial charge in [-0.1, -0.05) is 93.3 Å². The third-order valence-corrected chi connectivity index (χ3v) is 6.92. The average Bonchev–Trinajstić information content (AvgIpc) is 2.94. The lowest BCUT2D eigenvalue weighted by Gasteiger charge is -2.34. The molecular weight excluding hydrogens is 570 g/mol. The van der Waals surface area contributed by atoms with Crippen LogP contribution in [-0.4, -0.2) is 51.2 Å². The fourth-order valence-electron chi connectivity index (χ4n) is 4.63. The molecule has 0 heterocycles. The Kier molecular flexibility index (Phi) is 12.8. The molecule has 3 atom stereocenters. The number of halogens is 6. The Morgan fingerprint density at radius 2 is 1.12 bits per heavy atom. The first-order valence-electron chi connectivity index (χ1n) is 13.5. The standard InChI is InChI=1S/C30H36F6O6/c1-4-5-6-7-14-19-24(42-26(38)28(40-3,30(34,35)36)23-17-12-9-13-18-23)20-21-41-25(37)27(39-2,29(31,32)33)22-15-10-8-11-16-22/h8-13,15-18,24H,4-7,14,19-21H2,1-3H3/t24-,27-,28-/m1/s1. The molecule has 0 aliphatic rings. The first-order chi connectivity index (χ1) is 19.8. The summed E-state index contributed by atoms with van der Waals surface area (Å²) in [5.41, 5.74) is -7.90. The van der Waals surface area contributed by atoms with Gasteiger partial charge in [-0.15, -0.1) is 0 Å². The first-order valence-corrected chi connectivity index (χ1v) is 13.5. The monoisotopic (exact) mass is 606 g/mol. The molecule has 0 aromatic heterocycles. The maximum absolute atomic E-state index is 14.3. The van der Waals surface area contributed by atoms with Crippen LogP contribution >= 0.6 is 0 Å². The largest absolute Gasteiger partial charge is 0.463 e. The lowest BCUT2D eigenvalue weighted by atomic mass is 9.92. The summed E-state index contributed by atoms with van der Waals surface area (Å²) in [4.78, 5) is 26.0. The predicted molar refractivity (Wildman–Crippen MR) is 141 cm³/mol. The second-order valence-electron chi connectivity index (χ2n) is 9.65. The number of hydrogen-bond donors (Lipinski definition) is 0. The number of benzene rings is 2. The summed E-state index contributed by atoms with van der Waals surface area (Å²) in [6.07, 6.45) is -8.06. The number of carbonyl (C=O) groups excluding carboxylic acids is 2. The molecule has 0 saturated carbocycles. The van der Waals surface area contributed by atoms with Gasteiger partial charge in [-0.05, 0) is 12.8 Å². The van der Waals surface area contributed by atoms with E-state index in [2.05, 4.69) is 0 Å². The molecule has 0 aliphatic heterocycles. The Bertz CT molecular complexity index is 1110. The fourth-order valence-corrected chi connectivity index (χ4v) is 4.63.